The van der Waals surface area contributed by atoms with E-state index in [-0.39, 0.29) is 5.91 Å². The van der Waals surface area contributed by atoms with E-state index < -0.39 is 0 Å². The van der Waals surface area contributed by atoms with Crippen LogP contribution in [-0.4, -0.2) is 53.5 Å². The molecule has 5 aromatic rings. The summed E-state index contributed by atoms with van der Waals surface area (Å²) >= 11 is 12.8. The third-order valence-electron chi connectivity index (χ3n) is 8.77. The number of nitrogens with zero attached hydrogens (tertiary/aromatic N) is 3. The molecule has 0 aliphatic carbocycles. The van der Waals surface area contributed by atoms with Crippen LogP contribution < -0.4 is 14.2 Å². The van der Waals surface area contributed by atoms with Crippen molar-refractivity contribution in [2.45, 2.75) is 33.4 Å². The number of ether oxygens (including phenoxy) is 3. The Morgan fingerprint density at radius 2 is 1.53 bits per heavy atom. The Labute approximate surface area is 310 Å². The molecule has 1 aliphatic heterocycles. The Balaban J connectivity index is 0.936. The summed E-state index contributed by atoms with van der Waals surface area (Å²) in [7, 11) is 0. The van der Waals surface area contributed by atoms with E-state index in [1.54, 1.807) is 36.5 Å². The van der Waals surface area contributed by atoms with E-state index in [0.717, 1.165) is 48.5 Å². The number of aromatic nitrogens is 1. The average Bonchev–Trinajstić information content (AvgIpc) is 3.14. The summed E-state index contributed by atoms with van der Waals surface area (Å²) in [6, 6.07) is 31.6. The highest BCUT2D eigenvalue weighted by Gasteiger charge is 2.20. The molecule has 4 aromatic carbocycles. The van der Waals surface area contributed by atoms with Crippen LogP contribution in [0.1, 0.15) is 33.4 Å². The van der Waals surface area contributed by atoms with E-state index in [1.807, 2.05) is 54.3 Å². The molecule has 1 saturated heterocycles. The smallest absolute Gasteiger partial charge is 0.246 e. The normalized spacial score (nSPS) is 13.4. The molecule has 0 atom stereocenters. The maximum absolute atomic E-state index is 13.1. The van der Waals surface area contributed by atoms with Crippen molar-refractivity contribution >= 4 is 35.2 Å². The molecule has 2 heterocycles. The molecule has 9 heteroatoms. The van der Waals surface area contributed by atoms with Crippen LogP contribution in [0.3, 0.4) is 0 Å². The van der Waals surface area contributed by atoms with Crippen LogP contribution in [-0.2, 0) is 24.4 Å². The molecular formula is C42H41Cl2N3O4. The van der Waals surface area contributed by atoms with Gasteiger partial charge in [-0.05, 0) is 72.5 Å². The highest BCUT2D eigenvalue weighted by Crippen LogP contribution is 2.31. The lowest BCUT2D eigenvalue weighted by atomic mass is 10.1. The van der Waals surface area contributed by atoms with Gasteiger partial charge in [0.2, 0.25) is 11.8 Å². The largest absolute Gasteiger partial charge is 0.493 e. The topological polar surface area (TPSA) is 64.1 Å². The summed E-state index contributed by atoms with van der Waals surface area (Å²) in [5, 5.41) is 1.14. The van der Waals surface area contributed by atoms with Crippen LogP contribution in [0.15, 0.2) is 109 Å². The SMILES string of the molecule is Cc1ccc(OCCc2ccc(CN3CCN(C(=O)C=Cc4cc(C)c(Oc5ccc(OCc6ccccc6Cl)cn5)cc4Cl)CC3)cc2)cc1. The molecule has 0 bridgehead atoms. The van der Waals surface area contributed by atoms with Crippen molar-refractivity contribution in [1.29, 1.82) is 0 Å². The molecule has 0 N–H and O–H groups in total. The summed E-state index contributed by atoms with van der Waals surface area (Å²) in [5.41, 5.74) is 6.25. The third-order valence-corrected chi connectivity index (χ3v) is 9.47. The number of benzene rings is 4. The minimum absolute atomic E-state index is 0.0260. The summed E-state index contributed by atoms with van der Waals surface area (Å²) in [5.74, 6) is 2.47. The minimum atomic E-state index is -0.0260. The minimum Gasteiger partial charge on any atom is -0.493 e. The van der Waals surface area contributed by atoms with E-state index >= 15 is 0 Å². The maximum atomic E-state index is 13.1. The van der Waals surface area contributed by atoms with Gasteiger partial charge >= 0.3 is 0 Å². The summed E-state index contributed by atoms with van der Waals surface area (Å²) in [6.07, 6.45) is 5.83. The number of carbonyl (C=O) groups excluding carboxylic acids is 1. The molecule has 262 valence electrons. The number of halogens is 2. The van der Waals surface area contributed by atoms with E-state index in [1.165, 1.54) is 16.7 Å². The van der Waals surface area contributed by atoms with Crippen LogP contribution in [0.25, 0.3) is 6.08 Å². The lowest BCUT2D eigenvalue weighted by Gasteiger charge is -2.34. The van der Waals surface area contributed by atoms with E-state index in [2.05, 4.69) is 53.2 Å². The maximum Gasteiger partial charge on any atom is 0.246 e. The number of pyridine rings is 1. The lowest BCUT2D eigenvalue weighted by Crippen LogP contribution is -2.47. The van der Waals surface area contributed by atoms with Gasteiger partial charge in [0.1, 0.15) is 23.9 Å². The first-order valence-electron chi connectivity index (χ1n) is 17.1. The predicted molar refractivity (Wildman–Crippen MR) is 204 cm³/mol. The van der Waals surface area contributed by atoms with Crippen LogP contribution in [0, 0.1) is 13.8 Å². The Morgan fingerprint density at radius 3 is 2.25 bits per heavy atom. The van der Waals surface area contributed by atoms with E-state index in [0.29, 0.717) is 53.7 Å². The average molecular weight is 723 g/mol. The Kier molecular flexibility index (Phi) is 12.3. The van der Waals surface area contributed by atoms with Gasteiger partial charge in [-0.15, -0.1) is 0 Å². The second-order valence-corrected chi connectivity index (χ2v) is 13.4. The van der Waals surface area contributed by atoms with Gasteiger partial charge in [-0.1, -0.05) is 83.4 Å². The fourth-order valence-electron chi connectivity index (χ4n) is 5.71. The molecule has 0 saturated carbocycles. The molecule has 1 amide bonds. The molecule has 1 fully saturated rings. The van der Waals surface area contributed by atoms with Crippen LogP contribution in [0.4, 0.5) is 0 Å². The van der Waals surface area contributed by atoms with Crippen molar-refractivity contribution in [3.63, 3.8) is 0 Å². The summed E-state index contributed by atoms with van der Waals surface area (Å²) in [4.78, 5) is 21.7. The van der Waals surface area contributed by atoms with Crippen molar-refractivity contribution in [2.75, 3.05) is 32.8 Å². The van der Waals surface area contributed by atoms with Crippen molar-refractivity contribution < 1.29 is 19.0 Å². The highest BCUT2D eigenvalue weighted by atomic mass is 35.5. The third kappa shape index (κ3) is 10.4. The van der Waals surface area contributed by atoms with Gasteiger partial charge in [-0.2, -0.15) is 0 Å². The molecule has 0 spiro atoms. The Morgan fingerprint density at radius 1 is 0.804 bits per heavy atom. The number of rotatable bonds is 13. The number of hydrogen-bond donors (Lipinski definition) is 0. The predicted octanol–water partition coefficient (Wildman–Crippen LogP) is 9.36. The zero-order chi connectivity index (χ0) is 35.6. The van der Waals surface area contributed by atoms with Crippen LogP contribution in [0.5, 0.6) is 23.1 Å². The quantitative estimate of drug-likeness (QED) is 0.113. The fraction of sp³-hybridized carbons (Fsp3) is 0.238. The molecule has 0 radical (unpaired) electrons. The van der Waals surface area contributed by atoms with Gasteiger partial charge in [0.15, 0.2) is 0 Å². The van der Waals surface area contributed by atoms with Gasteiger partial charge < -0.3 is 19.1 Å². The van der Waals surface area contributed by atoms with Gasteiger partial charge in [0, 0.05) is 67.9 Å². The van der Waals surface area contributed by atoms with Crippen molar-refractivity contribution in [3.05, 3.63) is 153 Å². The second kappa shape index (κ2) is 17.4. The molecule has 51 heavy (non-hydrogen) atoms. The number of hydrogen-bond acceptors (Lipinski definition) is 6. The Bertz CT molecular complexity index is 1940. The van der Waals surface area contributed by atoms with Gasteiger partial charge in [0.05, 0.1) is 17.8 Å². The zero-order valence-electron chi connectivity index (χ0n) is 28.9. The van der Waals surface area contributed by atoms with Gasteiger partial charge in [-0.25, -0.2) is 4.98 Å². The van der Waals surface area contributed by atoms with Gasteiger partial charge in [-0.3, -0.25) is 9.69 Å². The molecule has 1 aromatic heterocycles. The standard InChI is InChI=1S/C42H41Cl2N3O4/c1-30-7-14-36(15-8-30)49-24-19-32-9-11-33(12-10-32)28-46-20-22-47(23-21-46)42(48)18-13-34-25-31(2)40(26-39(34)44)51-41-17-16-37(27-45-41)50-29-35-5-3-4-6-38(35)43/h3-18,25-27H,19-24,28-29H2,1-2H3. The number of aryl methyl sites for hydroxylation is 2. The molecule has 6 rings (SSSR count). The van der Waals surface area contributed by atoms with E-state index in [4.69, 9.17) is 37.4 Å². The number of piperazine rings is 1. The Hall–Kier alpha value is -4.82. The molecular weight excluding hydrogens is 681 g/mol. The molecule has 1 aliphatic rings. The van der Waals surface area contributed by atoms with E-state index in [9.17, 15) is 4.79 Å². The summed E-state index contributed by atoms with van der Waals surface area (Å²) < 4.78 is 17.7. The molecule has 0 unspecified atom stereocenters. The number of carbonyl (C=O) groups is 1. The first-order chi connectivity index (χ1) is 24.8. The van der Waals surface area contributed by atoms with Gasteiger partial charge in [0.25, 0.3) is 0 Å². The number of amides is 1. The van der Waals surface area contributed by atoms with Crippen molar-refractivity contribution in [1.82, 2.24) is 14.8 Å². The first kappa shape index (κ1) is 36.0. The first-order valence-corrected chi connectivity index (χ1v) is 17.8. The highest BCUT2D eigenvalue weighted by molar-refractivity contribution is 6.32. The second-order valence-electron chi connectivity index (χ2n) is 12.6. The van der Waals surface area contributed by atoms with Crippen LogP contribution in [0.2, 0.25) is 10.0 Å². The van der Waals surface area contributed by atoms with Crippen LogP contribution >= 0.6 is 23.2 Å². The molecule has 7 nitrogen and oxygen atoms in total. The van der Waals surface area contributed by atoms with Crippen molar-refractivity contribution in [3.8, 4) is 23.1 Å². The fourth-order valence-corrected chi connectivity index (χ4v) is 6.12. The zero-order valence-corrected chi connectivity index (χ0v) is 30.4. The lowest BCUT2D eigenvalue weighted by molar-refractivity contribution is -0.127. The van der Waals surface area contributed by atoms with Crippen molar-refractivity contribution in [2.24, 2.45) is 0 Å². The monoisotopic (exact) mass is 721 g/mol. The summed E-state index contributed by atoms with van der Waals surface area (Å²) in [6.45, 7) is 8.84.